The lowest BCUT2D eigenvalue weighted by atomic mass is 10.1. The van der Waals surface area contributed by atoms with Crippen LogP contribution in [0.1, 0.15) is 37.6 Å². The van der Waals surface area contributed by atoms with Crippen LogP contribution in [0, 0.1) is 0 Å². The molecule has 25 heavy (non-hydrogen) atoms. The summed E-state index contributed by atoms with van der Waals surface area (Å²) >= 11 is 6.18. The maximum atomic E-state index is 12.7. The molecule has 0 heterocycles. The van der Waals surface area contributed by atoms with Crippen LogP contribution in [0.5, 0.6) is 0 Å². The highest BCUT2D eigenvalue weighted by atomic mass is 35.5. The number of carbonyl (C=O) groups is 2. The Kier molecular flexibility index (Phi) is 6.42. The molecule has 2 rings (SSSR count). The first-order valence-corrected chi connectivity index (χ1v) is 8.54. The summed E-state index contributed by atoms with van der Waals surface area (Å²) in [4.78, 5) is 24.2. The summed E-state index contributed by atoms with van der Waals surface area (Å²) in [6, 6.07) is 12.5. The number of rotatable bonds is 6. The molecule has 132 valence electrons. The van der Waals surface area contributed by atoms with Gasteiger partial charge in [-0.25, -0.2) is 0 Å². The normalized spacial score (nSPS) is 10.4. The van der Waals surface area contributed by atoms with Crippen molar-refractivity contribution in [1.29, 1.82) is 0 Å². The summed E-state index contributed by atoms with van der Waals surface area (Å²) < 4.78 is 0. The fourth-order valence-electron chi connectivity index (χ4n) is 2.26. The second-order valence-corrected chi connectivity index (χ2v) is 6.30. The van der Waals surface area contributed by atoms with E-state index in [-0.39, 0.29) is 17.9 Å². The van der Waals surface area contributed by atoms with Crippen LogP contribution < -0.4 is 16.0 Å². The number of carbonyl (C=O) groups excluding carboxylic acids is 2. The zero-order valence-electron chi connectivity index (χ0n) is 14.5. The second kappa shape index (κ2) is 8.53. The third-order valence-corrected chi connectivity index (χ3v) is 3.76. The molecule has 0 aliphatic carbocycles. The summed E-state index contributed by atoms with van der Waals surface area (Å²) in [5, 5.41) is 9.21. The van der Waals surface area contributed by atoms with Crippen LogP contribution in [-0.4, -0.2) is 17.9 Å². The zero-order chi connectivity index (χ0) is 18.4. The first-order valence-electron chi connectivity index (χ1n) is 8.17. The summed E-state index contributed by atoms with van der Waals surface area (Å²) in [6.07, 6.45) is 0.374. The van der Waals surface area contributed by atoms with Crippen molar-refractivity contribution in [1.82, 2.24) is 0 Å². The standard InChI is InChI=1S/C19H22ClN3O2/c1-4-18(24)22-13-9-10-15(20)17(11-13)23-19(25)14-7-5-6-8-16(14)21-12(2)3/h5-12,21H,4H2,1-3H3,(H,22,24)(H,23,25). The van der Waals surface area contributed by atoms with Gasteiger partial charge in [0.2, 0.25) is 5.91 Å². The molecule has 0 aromatic heterocycles. The molecule has 0 bridgehead atoms. The number of nitrogens with one attached hydrogen (secondary N) is 3. The lowest BCUT2D eigenvalue weighted by molar-refractivity contribution is -0.115. The van der Waals surface area contributed by atoms with Crippen LogP contribution >= 0.6 is 11.6 Å². The Labute approximate surface area is 152 Å². The van der Waals surface area contributed by atoms with Crippen LogP contribution in [0.4, 0.5) is 17.1 Å². The van der Waals surface area contributed by atoms with Crippen molar-refractivity contribution < 1.29 is 9.59 Å². The molecule has 0 radical (unpaired) electrons. The lowest BCUT2D eigenvalue weighted by Crippen LogP contribution is -2.18. The van der Waals surface area contributed by atoms with Gasteiger partial charge in [0, 0.05) is 23.8 Å². The smallest absolute Gasteiger partial charge is 0.257 e. The van der Waals surface area contributed by atoms with Gasteiger partial charge in [-0.05, 0) is 44.2 Å². The Morgan fingerprint density at radius 1 is 1.04 bits per heavy atom. The first-order chi connectivity index (χ1) is 11.9. The lowest BCUT2D eigenvalue weighted by Gasteiger charge is -2.15. The van der Waals surface area contributed by atoms with Gasteiger partial charge in [0.05, 0.1) is 16.3 Å². The van der Waals surface area contributed by atoms with Crippen LogP contribution in [-0.2, 0) is 4.79 Å². The number of amides is 2. The third-order valence-electron chi connectivity index (χ3n) is 3.44. The molecule has 0 atom stereocenters. The number of benzene rings is 2. The van der Waals surface area contributed by atoms with Gasteiger partial charge < -0.3 is 16.0 Å². The molecule has 0 unspecified atom stereocenters. The minimum Gasteiger partial charge on any atom is -0.382 e. The van der Waals surface area contributed by atoms with Crippen molar-refractivity contribution in [2.24, 2.45) is 0 Å². The maximum Gasteiger partial charge on any atom is 0.257 e. The first kappa shape index (κ1) is 18.8. The topological polar surface area (TPSA) is 70.2 Å². The van der Waals surface area contributed by atoms with Crippen LogP contribution in [0.25, 0.3) is 0 Å². The van der Waals surface area contributed by atoms with E-state index in [4.69, 9.17) is 11.6 Å². The highest BCUT2D eigenvalue weighted by molar-refractivity contribution is 6.34. The average molecular weight is 360 g/mol. The molecule has 0 saturated heterocycles. The number of halogens is 1. The Morgan fingerprint density at radius 3 is 2.44 bits per heavy atom. The SMILES string of the molecule is CCC(=O)Nc1ccc(Cl)c(NC(=O)c2ccccc2NC(C)C)c1. The molecule has 2 aromatic carbocycles. The van der Waals surface area contributed by atoms with Gasteiger partial charge in [0.1, 0.15) is 0 Å². The Hall–Kier alpha value is -2.53. The van der Waals surface area contributed by atoms with Gasteiger partial charge in [-0.1, -0.05) is 30.7 Å². The van der Waals surface area contributed by atoms with E-state index in [2.05, 4.69) is 16.0 Å². The molecule has 0 spiro atoms. The van der Waals surface area contributed by atoms with Crippen molar-refractivity contribution >= 4 is 40.5 Å². The van der Waals surface area contributed by atoms with E-state index >= 15 is 0 Å². The Morgan fingerprint density at radius 2 is 1.76 bits per heavy atom. The summed E-state index contributed by atoms with van der Waals surface area (Å²) in [5.41, 5.74) is 2.30. The van der Waals surface area contributed by atoms with E-state index in [0.29, 0.717) is 28.4 Å². The molecule has 0 saturated carbocycles. The van der Waals surface area contributed by atoms with Crippen LogP contribution in [0.3, 0.4) is 0 Å². The summed E-state index contributed by atoms with van der Waals surface area (Å²) in [7, 11) is 0. The molecule has 0 fully saturated rings. The van der Waals surface area contributed by atoms with E-state index < -0.39 is 0 Å². The molecule has 5 nitrogen and oxygen atoms in total. The van der Waals surface area contributed by atoms with Crippen LogP contribution in [0.15, 0.2) is 42.5 Å². The molecular weight excluding hydrogens is 338 g/mol. The highest BCUT2D eigenvalue weighted by Gasteiger charge is 2.14. The predicted octanol–water partition coefficient (Wildman–Crippen LogP) is 4.76. The monoisotopic (exact) mass is 359 g/mol. The molecule has 2 aromatic rings. The van der Waals surface area contributed by atoms with E-state index in [1.807, 2.05) is 26.0 Å². The molecule has 0 aliphatic rings. The van der Waals surface area contributed by atoms with E-state index in [1.165, 1.54) is 0 Å². The predicted molar refractivity (Wildman–Crippen MR) is 104 cm³/mol. The zero-order valence-corrected chi connectivity index (χ0v) is 15.3. The summed E-state index contributed by atoms with van der Waals surface area (Å²) in [5.74, 6) is -0.379. The molecule has 0 aliphatic heterocycles. The molecular formula is C19H22ClN3O2. The number of para-hydroxylation sites is 1. The van der Waals surface area contributed by atoms with Gasteiger partial charge in [-0.15, -0.1) is 0 Å². The van der Waals surface area contributed by atoms with Gasteiger partial charge in [-0.2, -0.15) is 0 Å². The largest absolute Gasteiger partial charge is 0.382 e. The molecule has 6 heteroatoms. The van der Waals surface area contributed by atoms with Crippen LogP contribution in [0.2, 0.25) is 5.02 Å². The fraction of sp³-hybridized carbons (Fsp3) is 0.263. The summed E-state index contributed by atoms with van der Waals surface area (Å²) in [6.45, 7) is 5.78. The third kappa shape index (κ3) is 5.22. The van der Waals surface area contributed by atoms with Crippen molar-refractivity contribution in [3.05, 3.63) is 53.1 Å². The Bertz CT molecular complexity index is 775. The van der Waals surface area contributed by atoms with Gasteiger partial charge in [-0.3, -0.25) is 9.59 Å². The second-order valence-electron chi connectivity index (χ2n) is 5.90. The average Bonchev–Trinajstić information content (AvgIpc) is 2.57. The van der Waals surface area contributed by atoms with Crippen molar-refractivity contribution in [3.63, 3.8) is 0 Å². The minimum atomic E-state index is -0.274. The molecule has 2 amide bonds. The van der Waals surface area contributed by atoms with Gasteiger partial charge in [0.25, 0.3) is 5.91 Å². The highest BCUT2D eigenvalue weighted by Crippen LogP contribution is 2.27. The fourth-order valence-corrected chi connectivity index (χ4v) is 2.42. The maximum absolute atomic E-state index is 12.7. The quantitative estimate of drug-likeness (QED) is 0.696. The molecule has 3 N–H and O–H groups in total. The van der Waals surface area contributed by atoms with Gasteiger partial charge in [0.15, 0.2) is 0 Å². The van der Waals surface area contributed by atoms with Crippen molar-refractivity contribution in [2.75, 3.05) is 16.0 Å². The minimum absolute atomic E-state index is 0.105. The Balaban J connectivity index is 2.23. The number of hydrogen-bond acceptors (Lipinski definition) is 3. The number of anilines is 3. The van der Waals surface area contributed by atoms with Crippen molar-refractivity contribution in [2.45, 2.75) is 33.2 Å². The van der Waals surface area contributed by atoms with E-state index in [0.717, 1.165) is 5.69 Å². The van der Waals surface area contributed by atoms with Crippen molar-refractivity contribution in [3.8, 4) is 0 Å². The van der Waals surface area contributed by atoms with E-state index in [1.54, 1.807) is 37.3 Å². The number of hydrogen-bond donors (Lipinski definition) is 3. The van der Waals surface area contributed by atoms with Gasteiger partial charge >= 0.3 is 0 Å². The van der Waals surface area contributed by atoms with E-state index in [9.17, 15) is 9.59 Å².